The van der Waals surface area contributed by atoms with Crippen molar-refractivity contribution >= 4 is 30.2 Å². The Morgan fingerprint density at radius 3 is 2.22 bits per heavy atom. The number of nitrogens with one attached hydrogen (secondary N) is 1. The molecule has 0 saturated carbocycles. The smallest absolute Gasteiger partial charge is 0.334 e. The molecule has 32 heavy (non-hydrogen) atoms. The largest absolute Gasteiger partial charge is 0.467 e. The molecular formula is C24H26NO6P. The molecule has 8 heteroatoms. The minimum Gasteiger partial charge on any atom is -0.467 e. The van der Waals surface area contributed by atoms with Crippen LogP contribution in [0.4, 0.5) is 0 Å². The van der Waals surface area contributed by atoms with Gasteiger partial charge >= 0.3 is 13.6 Å². The molecule has 3 aromatic rings. The average Bonchev–Trinajstić information content (AvgIpc) is 2.83. The van der Waals surface area contributed by atoms with E-state index in [1.165, 1.54) is 21.3 Å². The molecule has 0 unspecified atom stereocenters. The predicted molar refractivity (Wildman–Crippen MR) is 123 cm³/mol. The number of methoxy groups -OCH3 is 1. The second kappa shape index (κ2) is 10.6. The van der Waals surface area contributed by atoms with Crippen LogP contribution in [0.2, 0.25) is 0 Å². The normalized spacial score (nSPS) is 12.3. The van der Waals surface area contributed by atoms with Crippen LogP contribution in [-0.2, 0) is 35.7 Å². The highest BCUT2D eigenvalue weighted by Crippen LogP contribution is 2.49. The molecule has 0 saturated heterocycles. The third-order valence-corrected chi connectivity index (χ3v) is 7.11. The molecule has 3 aromatic carbocycles. The second-order valence-electron chi connectivity index (χ2n) is 7.22. The van der Waals surface area contributed by atoms with Gasteiger partial charge in [-0.25, -0.2) is 4.79 Å². The fourth-order valence-corrected chi connectivity index (χ4v) is 4.52. The molecule has 0 fully saturated rings. The van der Waals surface area contributed by atoms with Crippen LogP contribution in [0.3, 0.4) is 0 Å². The van der Waals surface area contributed by atoms with E-state index in [0.717, 1.165) is 16.3 Å². The van der Waals surface area contributed by atoms with Crippen molar-refractivity contribution in [1.29, 1.82) is 0 Å². The quantitative estimate of drug-likeness (QED) is 0.381. The zero-order valence-electron chi connectivity index (χ0n) is 18.2. The first-order valence-corrected chi connectivity index (χ1v) is 11.8. The van der Waals surface area contributed by atoms with Gasteiger partial charge in [0, 0.05) is 26.2 Å². The molecule has 0 aromatic heterocycles. The minimum absolute atomic E-state index is 0.0910. The molecule has 0 aliphatic carbocycles. The number of hydrogen-bond acceptors (Lipinski definition) is 6. The molecule has 3 rings (SSSR count). The number of esters is 1. The summed E-state index contributed by atoms with van der Waals surface area (Å²) in [6, 6.07) is 19.4. The highest BCUT2D eigenvalue weighted by molar-refractivity contribution is 7.52. The molecule has 1 amide bonds. The van der Waals surface area contributed by atoms with E-state index in [0.29, 0.717) is 17.5 Å². The van der Waals surface area contributed by atoms with Gasteiger partial charge in [0.1, 0.15) is 6.04 Å². The van der Waals surface area contributed by atoms with Crippen molar-refractivity contribution in [3.05, 3.63) is 83.4 Å². The van der Waals surface area contributed by atoms with Crippen molar-refractivity contribution in [2.24, 2.45) is 0 Å². The topological polar surface area (TPSA) is 90.9 Å². The highest BCUT2D eigenvalue weighted by atomic mass is 31.2. The maximum atomic E-state index is 12.8. The monoisotopic (exact) mass is 455 g/mol. The van der Waals surface area contributed by atoms with Crippen molar-refractivity contribution in [2.45, 2.75) is 18.6 Å². The van der Waals surface area contributed by atoms with Crippen molar-refractivity contribution in [3.8, 4) is 0 Å². The van der Waals surface area contributed by atoms with E-state index < -0.39 is 25.5 Å². The molecule has 0 spiro atoms. The molecular weight excluding hydrogens is 429 g/mol. The number of rotatable bonds is 9. The van der Waals surface area contributed by atoms with Gasteiger partial charge in [-0.1, -0.05) is 54.6 Å². The standard InChI is InChI=1S/C24H26NO6P/c1-29-24(27)22(15-20-9-6-8-18-7-4-5-10-21(18)20)25-23(26)19-13-11-17(12-14-19)16-32(28,30-2)31-3/h4-14,22H,15-16H2,1-3H3,(H,25,26)/t22-/m0/s1. The Labute approximate surface area is 187 Å². The summed E-state index contributed by atoms with van der Waals surface area (Å²) in [6.07, 6.45) is 0.385. The SMILES string of the molecule is COC(=O)[C@H](Cc1cccc2ccccc12)NC(=O)c1ccc(CP(=O)(OC)OC)cc1. The number of hydrogen-bond donors (Lipinski definition) is 1. The van der Waals surface area contributed by atoms with Gasteiger partial charge < -0.3 is 19.1 Å². The molecule has 0 aliphatic heterocycles. The zero-order valence-corrected chi connectivity index (χ0v) is 19.1. The van der Waals surface area contributed by atoms with Gasteiger partial charge in [-0.05, 0) is 34.0 Å². The first-order chi connectivity index (χ1) is 15.4. The fourth-order valence-electron chi connectivity index (χ4n) is 3.46. The first-order valence-electron chi connectivity index (χ1n) is 10.0. The van der Waals surface area contributed by atoms with Crippen LogP contribution in [0, 0.1) is 0 Å². The van der Waals surface area contributed by atoms with E-state index in [4.69, 9.17) is 13.8 Å². The molecule has 1 atom stereocenters. The Bertz CT molecular complexity index is 1130. The Balaban J connectivity index is 1.76. The molecule has 0 heterocycles. The summed E-state index contributed by atoms with van der Waals surface area (Å²) in [6.45, 7) is 0. The number of amides is 1. The van der Waals surface area contributed by atoms with Crippen LogP contribution < -0.4 is 5.32 Å². The summed E-state index contributed by atoms with van der Waals surface area (Å²) in [5.74, 6) is -0.933. The van der Waals surface area contributed by atoms with Crippen molar-refractivity contribution in [2.75, 3.05) is 21.3 Å². The summed E-state index contributed by atoms with van der Waals surface area (Å²) >= 11 is 0. The zero-order chi connectivity index (χ0) is 23.1. The molecule has 0 aliphatic rings. The van der Waals surface area contributed by atoms with Crippen LogP contribution >= 0.6 is 7.60 Å². The van der Waals surface area contributed by atoms with Gasteiger partial charge in [0.05, 0.1) is 13.3 Å². The number of benzene rings is 3. The number of carbonyl (C=O) groups excluding carboxylic acids is 2. The lowest BCUT2D eigenvalue weighted by atomic mass is 9.98. The van der Waals surface area contributed by atoms with Crippen molar-refractivity contribution in [3.63, 3.8) is 0 Å². The molecule has 1 N–H and O–H groups in total. The van der Waals surface area contributed by atoms with Gasteiger partial charge in [-0.2, -0.15) is 0 Å². The van der Waals surface area contributed by atoms with E-state index in [1.807, 2.05) is 42.5 Å². The van der Waals surface area contributed by atoms with E-state index in [2.05, 4.69) is 5.32 Å². The summed E-state index contributed by atoms with van der Waals surface area (Å²) in [5.41, 5.74) is 2.00. The predicted octanol–water partition coefficient (Wildman–Crippen LogP) is 4.34. The average molecular weight is 455 g/mol. The summed E-state index contributed by atoms with van der Waals surface area (Å²) in [7, 11) is 0.749. The molecule has 0 bridgehead atoms. The van der Waals surface area contributed by atoms with Gasteiger partial charge in [0.25, 0.3) is 5.91 Å². The fraction of sp³-hybridized carbons (Fsp3) is 0.250. The van der Waals surface area contributed by atoms with Crippen LogP contribution in [0.1, 0.15) is 21.5 Å². The molecule has 0 radical (unpaired) electrons. The summed E-state index contributed by atoms with van der Waals surface area (Å²) in [5, 5.41) is 4.84. The Kier molecular flexibility index (Phi) is 7.80. The van der Waals surface area contributed by atoms with E-state index in [9.17, 15) is 14.2 Å². The maximum Gasteiger partial charge on any atom is 0.334 e. The lowest BCUT2D eigenvalue weighted by Crippen LogP contribution is -2.43. The lowest BCUT2D eigenvalue weighted by molar-refractivity contribution is -0.142. The third kappa shape index (κ3) is 5.62. The summed E-state index contributed by atoms with van der Waals surface area (Å²) in [4.78, 5) is 25.2. The van der Waals surface area contributed by atoms with Crippen LogP contribution in [0.5, 0.6) is 0 Å². The van der Waals surface area contributed by atoms with Gasteiger partial charge in [0.15, 0.2) is 0 Å². The summed E-state index contributed by atoms with van der Waals surface area (Å²) < 4.78 is 27.1. The van der Waals surface area contributed by atoms with Crippen molar-refractivity contribution in [1.82, 2.24) is 5.32 Å². The number of ether oxygens (including phenoxy) is 1. The second-order valence-corrected chi connectivity index (χ2v) is 9.49. The lowest BCUT2D eigenvalue weighted by Gasteiger charge is -2.18. The van der Waals surface area contributed by atoms with Crippen LogP contribution in [-0.4, -0.2) is 39.2 Å². The molecule has 168 valence electrons. The molecule has 7 nitrogen and oxygen atoms in total. The van der Waals surface area contributed by atoms with E-state index >= 15 is 0 Å². The first kappa shape index (κ1) is 23.7. The third-order valence-electron chi connectivity index (χ3n) is 5.24. The number of fused-ring (bicyclic) bond motifs is 1. The van der Waals surface area contributed by atoms with E-state index in [1.54, 1.807) is 24.3 Å². The Hall–Kier alpha value is -2.99. The Morgan fingerprint density at radius 2 is 1.56 bits per heavy atom. The minimum atomic E-state index is -3.20. The highest BCUT2D eigenvalue weighted by Gasteiger charge is 2.24. The van der Waals surface area contributed by atoms with Crippen LogP contribution in [0.15, 0.2) is 66.7 Å². The van der Waals surface area contributed by atoms with E-state index in [-0.39, 0.29) is 6.16 Å². The van der Waals surface area contributed by atoms with Crippen LogP contribution in [0.25, 0.3) is 10.8 Å². The van der Waals surface area contributed by atoms with Gasteiger partial charge in [-0.3, -0.25) is 9.36 Å². The van der Waals surface area contributed by atoms with Gasteiger partial charge in [-0.15, -0.1) is 0 Å². The van der Waals surface area contributed by atoms with Gasteiger partial charge in [0.2, 0.25) is 0 Å². The number of carbonyl (C=O) groups is 2. The maximum absolute atomic E-state index is 12.8. The van der Waals surface area contributed by atoms with Crippen molar-refractivity contribution < 1.29 is 27.9 Å². The Morgan fingerprint density at radius 1 is 0.906 bits per heavy atom.